The number of carbonyl (C=O) groups is 1. The number of rotatable bonds is 3. The first-order valence-electron chi connectivity index (χ1n) is 9.49. The molecular weight excluding hydrogens is 362 g/mol. The Labute approximate surface area is 169 Å². The zero-order valence-corrected chi connectivity index (χ0v) is 17.0. The number of carbonyl (C=O) groups excluding carboxylic acids is 1. The maximum atomic E-state index is 12.6. The number of aromatic nitrogens is 4. The quantitative estimate of drug-likeness (QED) is 0.557. The van der Waals surface area contributed by atoms with Crippen molar-refractivity contribution in [3.63, 3.8) is 0 Å². The van der Waals surface area contributed by atoms with Crippen molar-refractivity contribution in [1.82, 2.24) is 19.6 Å². The predicted molar refractivity (Wildman–Crippen MR) is 114 cm³/mol. The zero-order chi connectivity index (χ0) is 20.6. The molecule has 29 heavy (non-hydrogen) atoms. The summed E-state index contributed by atoms with van der Waals surface area (Å²) in [6.07, 6.45) is 7.01. The fourth-order valence-corrected chi connectivity index (χ4v) is 3.08. The smallest absolute Gasteiger partial charge is 0.276 e. The number of fused-ring (bicyclic) bond motifs is 1. The predicted octanol–water partition coefficient (Wildman–Crippen LogP) is 4.65. The average molecular weight is 385 g/mol. The van der Waals surface area contributed by atoms with Gasteiger partial charge in [0.15, 0.2) is 11.3 Å². The number of hydrogen-bond acceptors (Lipinski definition) is 4. The third kappa shape index (κ3) is 3.87. The van der Waals surface area contributed by atoms with E-state index in [1.54, 1.807) is 29.2 Å². The number of anilines is 1. The van der Waals surface area contributed by atoms with E-state index in [4.69, 9.17) is 0 Å². The second-order valence-electron chi connectivity index (χ2n) is 8.15. The van der Waals surface area contributed by atoms with Crippen molar-refractivity contribution < 1.29 is 4.79 Å². The Balaban J connectivity index is 1.61. The van der Waals surface area contributed by atoms with Crippen LogP contribution >= 0.6 is 0 Å². The van der Waals surface area contributed by atoms with Crippen LogP contribution in [-0.2, 0) is 5.41 Å². The highest BCUT2D eigenvalue weighted by Crippen LogP contribution is 2.26. The SMILES string of the molecule is Cc1ccncc1NC(=O)c1cc2ncc(-c3ccc(C(C)(C)C)cc3)cn2n1. The maximum Gasteiger partial charge on any atom is 0.276 e. The first-order chi connectivity index (χ1) is 13.8. The molecule has 4 rings (SSSR count). The van der Waals surface area contributed by atoms with E-state index in [1.807, 2.05) is 19.2 Å². The molecule has 0 atom stereocenters. The van der Waals surface area contributed by atoms with Gasteiger partial charge in [0.05, 0.1) is 11.9 Å². The first kappa shape index (κ1) is 18.8. The number of hydrogen-bond donors (Lipinski definition) is 1. The molecule has 0 bridgehead atoms. The summed E-state index contributed by atoms with van der Waals surface area (Å²) in [6.45, 7) is 8.50. The Morgan fingerprint density at radius 3 is 2.48 bits per heavy atom. The maximum absolute atomic E-state index is 12.6. The van der Waals surface area contributed by atoms with Crippen LogP contribution in [-0.4, -0.2) is 25.5 Å². The Kier molecular flexibility index (Phi) is 4.62. The summed E-state index contributed by atoms with van der Waals surface area (Å²) in [5, 5.41) is 7.25. The Morgan fingerprint density at radius 1 is 1.03 bits per heavy atom. The number of benzene rings is 1. The van der Waals surface area contributed by atoms with Gasteiger partial charge in [-0.25, -0.2) is 9.50 Å². The van der Waals surface area contributed by atoms with Crippen LogP contribution < -0.4 is 5.32 Å². The highest BCUT2D eigenvalue weighted by atomic mass is 16.1. The van der Waals surface area contributed by atoms with Crippen LogP contribution in [0.5, 0.6) is 0 Å². The van der Waals surface area contributed by atoms with Crippen LogP contribution in [0.25, 0.3) is 16.8 Å². The summed E-state index contributed by atoms with van der Waals surface area (Å²) in [4.78, 5) is 21.1. The molecule has 146 valence electrons. The van der Waals surface area contributed by atoms with Crippen molar-refractivity contribution in [1.29, 1.82) is 0 Å². The third-order valence-corrected chi connectivity index (χ3v) is 4.92. The van der Waals surface area contributed by atoms with Gasteiger partial charge in [-0.3, -0.25) is 9.78 Å². The van der Waals surface area contributed by atoms with Crippen LogP contribution in [0.15, 0.2) is 61.2 Å². The van der Waals surface area contributed by atoms with Crippen molar-refractivity contribution in [2.24, 2.45) is 0 Å². The normalized spacial score (nSPS) is 11.6. The molecule has 6 heteroatoms. The van der Waals surface area contributed by atoms with E-state index < -0.39 is 0 Å². The molecule has 4 aromatic rings. The standard InChI is InChI=1S/C23H23N5O/c1-15-9-10-24-13-20(15)26-22(29)19-11-21-25-12-17(14-28(21)27-19)16-5-7-18(8-6-16)23(2,3)4/h5-14H,1-4H3,(H,26,29). The minimum absolute atomic E-state index is 0.109. The minimum atomic E-state index is -0.289. The van der Waals surface area contributed by atoms with Gasteiger partial charge in [0.2, 0.25) is 0 Å². The summed E-state index contributed by atoms with van der Waals surface area (Å²) in [5.41, 5.74) is 5.92. The molecule has 0 saturated heterocycles. The van der Waals surface area contributed by atoms with Crippen molar-refractivity contribution in [2.45, 2.75) is 33.1 Å². The van der Waals surface area contributed by atoms with E-state index in [2.05, 4.69) is 65.4 Å². The van der Waals surface area contributed by atoms with Crippen molar-refractivity contribution in [3.05, 3.63) is 78.0 Å². The van der Waals surface area contributed by atoms with Crippen LogP contribution in [0.2, 0.25) is 0 Å². The van der Waals surface area contributed by atoms with Gasteiger partial charge in [-0.05, 0) is 35.1 Å². The number of pyridine rings is 1. The summed E-state index contributed by atoms with van der Waals surface area (Å²) in [5.74, 6) is -0.289. The summed E-state index contributed by atoms with van der Waals surface area (Å²) < 4.78 is 1.64. The lowest BCUT2D eigenvalue weighted by Gasteiger charge is -2.19. The largest absolute Gasteiger partial charge is 0.319 e. The van der Waals surface area contributed by atoms with Gasteiger partial charge in [0.25, 0.3) is 5.91 Å². The zero-order valence-electron chi connectivity index (χ0n) is 17.0. The topological polar surface area (TPSA) is 72.2 Å². The van der Waals surface area contributed by atoms with Crippen molar-refractivity contribution in [2.75, 3.05) is 5.32 Å². The van der Waals surface area contributed by atoms with Gasteiger partial charge < -0.3 is 5.32 Å². The lowest BCUT2D eigenvalue weighted by Crippen LogP contribution is -2.13. The highest BCUT2D eigenvalue weighted by molar-refractivity contribution is 6.03. The van der Waals surface area contributed by atoms with E-state index in [0.717, 1.165) is 16.7 Å². The number of amides is 1. The highest BCUT2D eigenvalue weighted by Gasteiger charge is 2.15. The molecule has 1 amide bonds. The molecule has 1 aromatic carbocycles. The fourth-order valence-electron chi connectivity index (χ4n) is 3.08. The summed E-state index contributed by atoms with van der Waals surface area (Å²) in [7, 11) is 0. The van der Waals surface area contributed by atoms with Crippen molar-refractivity contribution in [3.8, 4) is 11.1 Å². The average Bonchev–Trinajstić information content (AvgIpc) is 3.13. The number of nitrogens with one attached hydrogen (secondary N) is 1. The molecule has 3 heterocycles. The van der Waals surface area contributed by atoms with Crippen LogP contribution in [0.4, 0.5) is 5.69 Å². The number of nitrogens with zero attached hydrogens (tertiary/aromatic N) is 4. The molecule has 0 aliphatic carbocycles. The molecule has 0 spiro atoms. The van der Waals surface area contributed by atoms with E-state index in [9.17, 15) is 4.79 Å². The molecule has 0 saturated carbocycles. The molecular formula is C23H23N5O. The van der Waals surface area contributed by atoms with E-state index in [-0.39, 0.29) is 11.3 Å². The molecule has 6 nitrogen and oxygen atoms in total. The molecule has 0 aliphatic rings. The first-order valence-corrected chi connectivity index (χ1v) is 9.49. The third-order valence-electron chi connectivity index (χ3n) is 4.92. The summed E-state index contributed by atoms with van der Waals surface area (Å²) >= 11 is 0. The van der Waals surface area contributed by atoms with Gasteiger partial charge >= 0.3 is 0 Å². The summed E-state index contributed by atoms with van der Waals surface area (Å²) in [6, 6.07) is 12.0. The molecule has 0 unspecified atom stereocenters. The second kappa shape index (κ2) is 7.13. The molecule has 1 N–H and O–H groups in total. The Bertz CT molecular complexity index is 1190. The molecule has 0 fully saturated rings. The van der Waals surface area contributed by atoms with Gasteiger partial charge in [-0.2, -0.15) is 5.10 Å². The second-order valence-corrected chi connectivity index (χ2v) is 8.15. The minimum Gasteiger partial charge on any atom is -0.319 e. The van der Waals surface area contributed by atoms with Gasteiger partial charge in [-0.1, -0.05) is 45.0 Å². The van der Waals surface area contributed by atoms with Gasteiger partial charge in [0, 0.05) is 30.2 Å². The monoisotopic (exact) mass is 385 g/mol. The van der Waals surface area contributed by atoms with Gasteiger partial charge in [0.1, 0.15) is 0 Å². The fraction of sp³-hybridized carbons (Fsp3) is 0.217. The Hall–Kier alpha value is -3.54. The van der Waals surface area contributed by atoms with E-state index >= 15 is 0 Å². The number of aryl methyl sites for hydroxylation is 1. The van der Waals surface area contributed by atoms with E-state index in [1.165, 1.54) is 5.56 Å². The molecule has 0 aliphatic heterocycles. The van der Waals surface area contributed by atoms with Crippen LogP contribution in [0.1, 0.15) is 42.4 Å². The lowest BCUT2D eigenvalue weighted by molar-refractivity contribution is 0.102. The molecule has 0 radical (unpaired) electrons. The van der Waals surface area contributed by atoms with Crippen LogP contribution in [0.3, 0.4) is 0 Å². The van der Waals surface area contributed by atoms with E-state index in [0.29, 0.717) is 17.0 Å². The Morgan fingerprint density at radius 2 is 1.79 bits per heavy atom. The van der Waals surface area contributed by atoms with Gasteiger partial charge in [-0.15, -0.1) is 0 Å². The van der Waals surface area contributed by atoms with Crippen molar-refractivity contribution >= 4 is 17.2 Å². The lowest BCUT2D eigenvalue weighted by atomic mass is 9.86. The van der Waals surface area contributed by atoms with Crippen LogP contribution in [0, 0.1) is 6.92 Å². The molecule has 3 aromatic heterocycles.